The van der Waals surface area contributed by atoms with Crippen LogP contribution in [0.5, 0.6) is 17.2 Å². The average Bonchev–Trinajstić information content (AvgIpc) is 3.12. The Morgan fingerprint density at radius 1 is 1.00 bits per heavy atom. The number of nitrogens with zero attached hydrogens (tertiary/aromatic N) is 1. The molecule has 0 saturated carbocycles. The molecule has 2 aliphatic rings. The van der Waals surface area contributed by atoms with E-state index in [1.807, 2.05) is 43.9 Å². The number of phenolic OH excluding ortho intramolecular Hbond substituents is 1. The molecule has 1 fully saturated rings. The van der Waals surface area contributed by atoms with E-state index in [0.717, 1.165) is 37.7 Å². The summed E-state index contributed by atoms with van der Waals surface area (Å²) in [4.78, 5) is 43.6. The van der Waals surface area contributed by atoms with Crippen molar-refractivity contribution in [2.45, 2.75) is 144 Å². The van der Waals surface area contributed by atoms with Crippen LogP contribution >= 0.6 is 0 Å². The van der Waals surface area contributed by atoms with Crippen LogP contribution < -0.4 is 9.47 Å². The lowest BCUT2D eigenvalue weighted by Crippen LogP contribution is -2.45. The molecule has 2 heterocycles. The van der Waals surface area contributed by atoms with Crippen molar-refractivity contribution in [3.63, 3.8) is 0 Å². The Bertz CT molecular complexity index is 1620. The van der Waals surface area contributed by atoms with E-state index in [4.69, 9.17) is 14.2 Å². The minimum atomic E-state index is -1.81. The number of allylic oxidation sites excluding steroid dienone is 4. The SMILES string of the molecule is COc1c(CC=C(C)C)c2c(c(O)c1C(=O)CC(OC)C(CCC(C)C)C(=O)C(C)(O)C/C=C(/C)C(=O)N1CCCCC1)C=CC(C)(CCC=C(C)C)O2. The van der Waals surface area contributed by atoms with Crippen LogP contribution in [0.2, 0.25) is 0 Å². The summed E-state index contributed by atoms with van der Waals surface area (Å²) >= 11 is 0. The number of piperidine rings is 1. The molecule has 4 atom stereocenters. The number of amides is 1. The van der Waals surface area contributed by atoms with Crippen molar-refractivity contribution in [1.29, 1.82) is 0 Å². The number of aromatic hydroxyl groups is 1. The maximum absolute atomic E-state index is 14.4. The topological polar surface area (TPSA) is 123 Å². The molecule has 1 saturated heterocycles. The number of ether oxygens (including phenoxy) is 3. The Morgan fingerprint density at radius 2 is 1.65 bits per heavy atom. The molecule has 2 N–H and O–H groups in total. The molecule has 54 heavy (non-hydrogen) atoms. The third-order valence-corrected chi connectivity index (χ3v) is 10.7. The Morgan fingerprint density at radius 3 is 2.22 bits per heavy atom. The second-order valence-electron chi connectivity index (χ2n) is 16.6. The van der Waals surface area contributed by atoms with Gasteiger partial charge in [0.2, 0.25) is 5.91 Å². The van der Waals surface area contributed by atoms with Gasteiger partial charge in [-0.2, -0.15) is 0 Å². The molecule has 4 unspecified atom stereocenters. The first-order valence-electron chi connectivity index (χ1n) is 19.7. The highest BCUT2D eigenvalue weighted by molar-refractivity contribution is 6.04. The van der Waals surface area contributed by atoms with Crippen LogP contribution in [0, 0.1) is 11.8 Å². The van der Waals surface area contributed by atoms with Crippen LogP contribution in [0.25, 0.3) is 6.08 Å². The van der Waals surface area contributed by atoms with Crippen LogP contribution in [0.3, 0.4) is 0 Å². The summed E-state index contributed by atoms with van der Waals surface area (Å²) < 4.78 is 18.5. The van der Waals surface area contributed by atoms with Gasteiger partial charge in [-0.25, -0.2) is 0 Å². The van der Waals surface area contributed by atoms with Gasteiger partial charge in [-0.05, 0) is 111 Å². The number of ketones is 2. The van der Waals surface area contributed by atoms with Gasteiger partial charge >= 0.3 is 0 Å². The maximum Gasteiger partial charge on any atom is 0.249 e. The van der Waals surface area contributed by atoms with Gasteiger partial charge in [0.15, 0.2) is 11.6 Å². The number of hydrogen-bond acceptors (Lipinski definition) is 8. The second-order valence-corrected chi connectivity index (χ2v) is 16.6. The highest BCUT2D eigenvalue weighted by Crippen LogP contribution is 2.49. The number of phenols is 1. The molecule has 9 nitrogen and oxygen atoms in total. The normalized spacial score (nSPS) is 19.3. The van der Waals surface area contributed by atoms with E-state index >= 15 is 0 Å². The first-order chi connectivity index (χ1) is 25.4. The molecular formula is C45H67NO8. The molecule has 0 spiro atoms. The van der Waals surface area contributed by atoms with Crippen molar-refractivity contribution in [3.05, 3.63) is 57.7 Å². The van der Waals surface area contributed by atoms with Gasteiger partial charge in [0.05, 0.1) is 18.8 Å². The van der Waals surface area contributed by atoms with E-state index in [1.54, 1.807) is 13.0 Å². The van der Waals surface area contributed by atoms with E-state index in [1.165, 1.54) is 26.7 Å². The number of carbonyl (C=O) groups excluding carboxylic acids is 3. The summed E-state index contributed by atoms with van der Waals surface area (Å²) in [7, 11) is 2.93. The van der Waals surface area contributed by atoms with E-state index in [-0.39, 0.29) is 41.7 Å². The molecule has 1 aromatic rings. The number of benzene rings is 1. The molecule has 9 heteroatoms. The van der Waals surface area contributed by atoms with Gasteiger partial charge < -0.3 is 29.3 Å². The van der Waals surface area contributed by atoms with Crippen LogP contribution in [-0.2, 0) is 20.7 Å². The van der Waals surface area contributed by atoms with Crippen molar-refractivity contribution >= 4 is 23.5 Å². The van der Waals surface area contributed by atoms with Gasteiger partial charge in [0, 0.05) is 50.1 Å². The zero-order valence-electron chi connectivity index (χ0n) is 34.9. The third-order valence-electron chi connectivity index (χ3n) is 10.7. The van der Waals surface area contributed by atoms with Crippen molar-refractivity contribution in [2.24, 2.45) is 11.8 Å². The summed E-state index contributed by atoms with van der Waals surface area (Å²) in [6.45, 7) is 18.8. The van der Waals surface area contributed by atoms with E-state index in [2.05, 4.69) is 33.8 Å². The number of Topliss-reactive ketones (excluding diaryl/α,β-unsaturated/α-hetero) is 2. The fourth-order valence-electron chi connectivity index (χ4n) is 7.28. The van der Waals surface area contributed by atoms with Gasteiger partial charge in [-0.3, -0.25) is 14.4 Å². The van der Waals surface area contributed by atoms with Gasteiger partial charge in [0.1, 0.15) is 34.0 Å². The number of aliphatic hydroxyl groups is 1. The summed E-state index contributed by atoms with van der Waals surface area (Å²) in [5.74, 6) is -1.10. The lowest BCUT2D eigenvalue weighted by Gasteiger charge is -2.34. The summed E-state index contributed by atoms with van der Waals surface area (Å²) in [5.41, 5.74) is 1.40. The molecule has 300 valence electrons. The molecule has 1 amide bonds. The minimum absolute atomic E-state index is 0.00783. The Balaban J connectivity index is 2.01. The first-order valence-corrected chi connectivity index (χ1v) is 19.7. The van der Waals surface area contributed by atoms with Gasteiger partial charge in [-0.1, -0.05) is 49.6 Å². The lowest BCUT2D eigenvalue weighted by atomic mass is 9.79. The monoisotopic (exact) mass is 749 g/mol. The second kappa shape index (κ2) is 19.8. The quantitative estimate of drug-likeness (QED) is 0.0816. The number of likely N-dealkylation sites (tertiary alicyclic amines) is 1. The molecule has 0 aromatic heterocycles. The third kappa shape index (κ3) is 11.7. The standard InChI is InChI=1S/C45H67NO8/c1-29(2)16-15-23-44(8)24-22-34-39(48)38(41(53-11)35(40(34)54-44)20-18-31(5)6)36(47)28-37(52-10)33(19-17-30(3)4)42(49)45(9,51)25-21-32(7)43(50)46-26-13-12-14-27-46/h16,18,21-22,24,30,33,37,48,51H,12-15,17,19-20,23,25-28H2,1-11H3/b32-21-. The molecule has 0 radical (unpaired) electrons. The van der Waals surface area contributed by atoms with Crippen molar-refractivity contribution < 1.29 is 38.8 Å². The zero-order valence-corrected chi connectivity index (χ0v) is 34.9. The van der Waals surface area contributed by atoms with Crippen molar-refractivity contribution in [3.8, 4) is 17.2 Å². The molecular weight excluding hydrogens is 682 g/mol. The smallest absolute Gasteiger partial charge is 0.249 e. The number of hydrogen-bond donors (Lipinski definition) is 2. The highest BCUT2D eigenvalue weighted by atomic mass is 16.5. The van der Waals surface area contributed by atoms with Crippen molar-refractivity contribution in [1.82, 2.24) is 4.90 Å². The predicted molar refractivity (Wildman–Crippen MR) is 216 cm³/mol. The van der Waals surface area contributed by atoms with E-state index in [0.29, 0.717) is 54.8 Å². The van der Waals surface area contributed by atoms with Crippen LogP contribution in [0.4, 0.5) is 0 Å². The zero-order chi connectivity index (χ0) is 40.4. The molecule has 1 aromatic carbocycles. The minimum Gasteiger partial charge on any atom is -0.506 e. The fraction of sp³-hybridized carbons (Fsp3) is 0.622. The first kappa shape index (κ1) is 44.7. The highest BCUT2D eigenvalue weighted by Gasteiger charge is 2.41. The fourth-order valence-corrected chi connectivity index (χ4v) is 7.28. The van der Waals surface area contributed by atoms with Crippen LogP contribution in [0.1, 0.15) is 142 Å². The predicted octanol–water partition coefficient (Wildman–Crippen LogP) is 9.13. The molecule has 2 aliphatic heterocycles. The van der Waals surface area contributed by atoms with Crippen molar-refractivity contribution in [2.75, 3.05) is 27.3 Å². The van der Waals surface area contributed by atoms with E-state index in [9.17, 15) is 24.6 Å². The largest absolute Gasteiger partial charge is 0.506 e. The summed E-state index contributed by atoms with van der Waals surface area (Å²) in [5, 5.41) is 23.4. The maximum atomic E-state index is 14.4. The summed E-state index contributed by atoms with van der Waals surface area (Å²) in [6, 6.07) is 0. The Labute approximate surface area is 324 Å². The van der Waals surface area contributed by atoms with Crippen LogP contribution in [-0.4, -0.2) is 77.2 Å². The number of carbonyl (C=O) groups is 3. The van der Waals surface area contributed by atoms with E-state index < -0.39 is 34.8 Å². The molecule has 0 bridgehead atoms. The molecule has 3 rings (SSSR count). The Hall–Kier alpha value is -3.69. The van der Waals surface area contributed by atoms with Gasteiger partial charge in [0.25, 0.3) is 0 Å². The van der Waals surface area contributed by atoms with Crippen LogP contribution in [0.15, 0.2) is 41.0 Å². The number of rotatable bonds is 19. The average molecular weight is 750 g/mol. The number of fused-ring (bicyclic) bond motifs is 1. The molecule has 0 aliphatic carbocycles. The number of methoxy groups -OCH3 is 2. The summed E-state index contributed by atoms with van der Waals surface area (Å²) in [6.07, 6.45) is 14.4. The Kier molecular flexibility index (Phi) is 16.4. The lowest BCUT2D eigenvalue weighted by molar-refractivity contribution is -0.145. The van der Waals surface area contributed by atoms with Gasteiger partial charge in [-0.15, -0.1) is 0 Å².